The van der Waals surface area contributed by atoms with Gasteiger partial charge in [-0.3, -0.25) is 4.79 Å². The molecule has 2 aliphatic rings. The second-order valence-electron chi connectivity index (χ2n) is 9.40. The molecule has 0 aliphatic carbocycles. The van der Waals surface area contributed by atoms with Crippen LogP contribution in [0.1, 0.15) is 82.6 Å². The predicted octanol–water partition coefficient (Wildman–Crippen LogP) is 4.81. The van der Waals surface area contributed by atoms with Gasteiger partial charge >= 0.3 is 5.97 Å². The van der Waals surface area contributed by atoms with Crippen molar-refractivity contribution in [3.05, 3.63) is 35.9 Å². The molecule has 2 bridgehead atoms. The molecule has 2 fully saturated rings. The molecular weight excluding hydrogens is 362 g/mol. The van der Waals surface area contributed by atoms with Crippen molar-refractivity contribution in [1.82, 2.24) is 0 Å². The molecule has 0 aromatic heterocycles. The van der Waals surface area contributed by atoms with E-state index < -0.39 is 5.92 Å². The van der Waals surface area contributed by atoms with Crippen LogP contribution in [0.2, 0.25) is 0 Å². The summed E-state index contributed by atoms with van der Waals surface area (Å²) in [6, 6.07) is 10.7. The van der Waals surface area contributed by atoms with E-state index >= 15 is 0 Å². The van der Waals surface area contributed by atoms with Gasteiger partial charge in [0.15, 0.2) is 0 Å². The fourth-order valence-corrected chi connectivity index (χ4v) is 5.64. The largest absolute Gasteiger partial charge is 0.461 e. The molecule has 29 heavy (non-hydrogen) atoms. The highest BCUT2D eigenvalue weighted by Gasteiger charge is 2.52. The van der Waals surface area contributed by atoms with Gasteiger partial charge in [-0.15, -0.1) is 0 Å². The summed E-state index contributed by atoms with van der Waals surface area (Å²) in [4.78, 5) is 12.7. The maximum atomic E-state index is 12.7. The molecule has 2 unspecified atom stereocenters. The van der Waals surface area contributed by atoms with Gasteiger partial charge in [0, 0.05) is 25.7 Å². The lowest BCUT2D eigenvalue weighted by atomic mass is 9.95. The molecule has 0 amide bonds. The Balaban J connectivity index is 1.51. The minimum Gasteiger partial charge on any atom is -0.461 e. The number of hydrogen-bond donors (Lipinski definition) is 1. The molecule has 2 saturated heterocycles. The topological polar surface area (TPSA) is 46.5 Å². The summed E-state index contributed by atoms with van der Waals surface area (Å²) in [6.45, 7) is 3.34. The molecule has 5 atom stereocenters. The van der Waals surface area contributed by atoms with Crippen molar-refractivity contribution in [3.63, 3.8) is 0 Å². The van der Waals surface area contributed by atoms with Gasteiger partial charge in [0.25, 0.3) is 0 Å². The molecule has 2 aliphatic heterocycles. The van der Waals surface area contributed by atoms with E-state index in [1.165, 1.54) is 62.4 Å². The molecule has 3 rings (SSSR count). The summed E-state index contributed by atoms with van der Waals surface area (Å²) in [5, 5.41) is 9.75. The van der Waals surface area contributed by atoms with Crippen LogP contribution in [0, 0.1) is 0 Å². The van der Waals surface area contributed by atoms with Crippen molar-refractivity contribution in [2.45, 2.75) is 95.2 Å². The van der Waals surface area contributed by atoms with Gasteiger partial charge in [-0.05, 0) is 18.4 Å². The minimum absolute atomic E-state index is 0.00789. The van der Waals surface area contributed by atoms with Crippen LogP contribution < -0.4 is 0 Å². The summed E-state index contributed by atoms with van der Waals surface area (Å²) < 4.78 is 7.12. The Morgan fingerprint density at radius 2 is 1.69 bits per heavy atom. The number of nitrogens with zero attached hydrogens (tertiary/aromatic N) is 1. The molecule has 0 spiro atoms. The molecule has 0 radical (unpaired) electrons. The third-order valence-corrected chi connectivity index (χ3v) is 7.52. The molecular formula is C25H40NO3+. The van der Waals surface area contributed by atoms with E-state index in [1.807, 2.05) is 30.3 Å². The number of esters is 1. The lowest BCUT2D eigenvalue weighted by Crippen LogP contribution is -2.59. The lowest BCUT2D eigenvalue weighted by Gasteiger charge is -2.47. The molecule has 1 aromatic carbocycles. The first-order valence-electron chi connectivity index (χ1n) is 11.8. The van der Waals surface area contributed by atoms with Crippen LogP contribution in [0.4, 0.5) is 0 Å². The Kier molecular flexibility index (Phi) is 8.14. The zero-order valence-corrected chi connectivity index (χ0v) is 18.4. The normalized spacial score (nSPS) is 29.6. The standard InChI is InChI=1S/C25H40NO3/c1-3-4-5-6-7-11-16-26(2)21-14-15-22(26)18-23(17-21)29-25(28)24(19-27)20-12-9-8-10-13-20/h8-10,12-13,21-24,27H,3-7,11,14-19H2,1-2H3/q+1/t21-,22+,23?,24-,26?/m0/s1. The highest BCUT2D eigenvalue weighted by atomic mass is 16.5. The number of carbonyl (C=O) groups excluding carboxylic acids is 1. The fourth-order valence-electron chi connectivity index (χ4n) is 5.64. The number of unbranched alkanes of at least 4 members (excludes halogenated alkanes) is 5. The molecule has 4 nitrogen and oxygen atoms in total. The number of quaternary nitrogens is 1. The van der Waals surface area contributed by atoms with Crippen LogP contribution in [0.25, 0.3) is 0 Å². The van der Waals surface area contributed by atoms with Gasteiger partial charge in [-0.2, -0.15) is 0 Å². The third kappa shape index (κ3) is 5.40. The molecule has 162 valence electrons. The zero-order valence-electron chi connectivity index (χ0n) is 18.4. The predicted molar refractivity (Wildman–Crippen MR) is 117 cm³/mol. The Bertz CT molecular complexity index is 618. The van der Waals surface area contributed by atoms with Crippen LogP contribution in [0.3, 0.4) is 0 Å². The number of rotatable bonds is 11. The van der Waals surface area contributed by atoms with Crippen molar-refractivity contribution in [1.29, 1.82) is 0 Å². The molecule has 1 N–H and O–H groups in total. The van der Waals surface area contributed by atoms with Gasteiger partial charge in [0.05, 0.1) is 32.3 Å². The number of piperidine rings is 1. The van der Waals surface area contributed by atoms with E-state index in [4.69, 9.17) is 4.74 Å². The van der Waals surface area contributed by atoms with Gasteiger partial charge in [0.2, 0.25) is 0 Å². The van der Waals surface area contributed by atoms with E-state index in [1.54, 1.807) is 0 Å². The van der Waals surface area contributed by atoms with Gasteiger partial charge in [-0.1, -0.05) is 62.9 Å². The minimum atomic E-state index is -0.570. The average molecular weight is 403 g/mol. The summed E-state index contributed by atoms with van der Waals surface area (Å²) in [5.74, 6) is -0.838. The van der Waals surface area contributed by atoms with Gasteiger partial charge in [-0.25, -0.2) is 0 Å². The van der Waals surface area contributed by atoms with Crippen LogP contribution in [0.5, 0.6) is 0 Å². The fraction of sp³-hybridized carbons (Fsp3) is 0.720. The lowest BCUT2D eigenvalue weighted by molar-refractivity contribution is -0.949. The number of carbonyl (C=O) groups is 1. The SMILES string of the molecule is CCCCCCCC[N+]1(C)[C@@H]2CC[C@H]1CC(OC(=O)[C@@H](CO)c1ccccc1)C2. The Labute approximate surface area is 176 Å². The maximum Gasteiger partial charge on any atom is 0.316 e. The monoisotopic (exact) mass is 402 g/mol. The number of aliphatic hydroxyl groups excluding tert-OH is 1. The molecule has 1 aromatic rings. The highest BCUT2D eigenvalue weighted by Crippen LogP contribution is 2.42. The number of aliphatic hydroxyl groups is 1. The third-order valence-electron chi connectivity index (χ3n) is 7.52. The number of hydrogen-bond acceptors (Lipinski definition) is 3. The quantitative estimate of drug-likeness (QED) is 0.328. The first kappa shape index (κ1) is 22.3. The van der Waals surface area contributed by atoms with Crippen LogP contribution in [-0.4, -0.2) is 53.9 Å². The van der Waals surface area contributed by atoms with Crippen LogP contribution >= 0.6 is 0 Å². The van der Waals surface area contributed by atoms with Crippen molar-refractivity contribution in [2.24, 2.45) is 0 Å². The van der Waals surface area contributed by atoms with Gasteiger partial charge in [0.1, 0.15) is 12.0 Å². The van der Waals surface area contributed by atoms with Crippen molar-refractivity contribution in [3.8, 4) is 0 Å². The number of ether oxygens (including phenoxy) is 1. The van der Waals surface area contributed by atoms with Crippen molar-refractivity contribution in [2.75, 3.05) is 20.2 Å². The van der Waals surface area contributed by atoms with E-state index in [0.717, 1.165) is 18.4 Å². The van der Waals surface area contributed by atoms with Crippen molar-refractivity contribution < 1.29 is 19.1 Å². The first-order valence-corrected chi connectivity index (χ1v) is 11.8. The Hall–Kier alpha value is -1.39. The summed E-state index contributed by atoms with van der Waals surface area (Å²) in [6.07, 6.45) is 12.5. The van der Waals surface area contributed by atoms with E-state index in [9.17, 15) is 9.90 Å². The number of benzene rings is 1. The molecule has 2 heterocycles. The summed E-state index contributed by atoms with van der Waals surface area (Å²) in [5.41, 5.74) is 0.836. The van der Waals surface area contributed by atoms with E-state index in [2.05, 4.69) is 14.0 Å². The second-order valence-corrected chi connectivity index (χ2v) is 9.40. The zero-order chi connectivity index (χ0) is 20.7. The van der Waals surface area contributed by atoms with E-state index in [-0.39, 0.29) is 18.7 Å². The Morgan fingerprint density at radius 1 is 1.07 bits per heavy atom. The maximum absolute atomic E-state index is 12.7. The van der Waals surface area contributed by atoms with Crippen molar-refractivity contribution >= 4 is 5.97 Å². The highest BCUT2D eigenvalue weighted by molar-refractivity contribution is 5.78. The van der Waals surface area contributed by atoms with Crippen LogP contribution in [-0.2, 0) is 9.53 Å². The number of fused-ring (bicyclic) bond motifs is 2. The van der Waals surface area contributed by atoms with Crippen LogP contribution in [0.15, 0.2) is 30.3 Å². The molecule has 4 heteroatoms. The van der Waals surface area contributed by atoms with E-state index in [0.29, 0.717) is 12.1 Å². The smallest absolute Gasteiger partial charge is 0.316 e. The van der Waals surface area contributed by atoms with Gasteiger partial charge < -0.3 is 14.3 Å². The molecule has 0 saturated carbocycles. The Morgan fingerprint density at radius 3 is 2.31 bits per heavy atom. The average Bonchev–Trinajstić information content (AvgIpc) is 2.89. The second kappa shape index (κ2) is 10.6. The summed E-state index contributed by atoms with van der Waals surface area (Å²) in [7, 11) is 2.44. The first-order chi connectivity index (χ1) is 14.1. The summed E-state index contributed by atoms with van der Waals surface area (Å²) >= 11 is 0.